The maximum atomic E-state index is 4.90. The van der Waals surface area contributed by atoms with Crippen LogP contribution in [0.3, 0.4) is 0 Å². The number of fused-ring (bicyclic) bond motifs is 1. The quantitative estimate of drug-likeness (QED) is 0.365. The zero-order valence-corrected chi connectivity index (χ0v) is 18.8. The SMILES string of the molecule is Cc1cc(C)n2c(Nc3ccccc3)c(-c3ccc(C#Cc4ccccc4)nc3C)nc2n1. The van der Waals surface area contributed by atoms with E-state index in [2.05, 4.69) is 39.5 Å². The Balaban J connectivity index is 1.61. The molecule has 0 aliphatic heterocycles. The molecule has 0 atom stereocenters. The van der Waals surface area contributed by atoms with E-state index in [1.165, 1.54) is 0 Å². The molecular weight excluding hydrogens is 406 g/mol. The molecule has 1 N–H and O–H groups in total. The zero-order chi connectivity index (χ0) is 22.8. The van der Waals surface area contributed by atoms with Crippen LogP contribution in [-0.2, 0) is 0 Å². The van der Waals surface area contributed by atoms with Crippen LogP contribution < -0.4 is 5.32 Å². The Morgan fingerprint density at radius 2 is 1.48 bits per heavy atom. The monoisotopic (exact) mass is 429 g/mol. The molecule has 0 fully saturated rings. The highest BCUT2D eigenvalue weighted by molar-refractivity contribution is 5.80. The largest absolute Gasteiger partial charge is 0.339 e. The van der Waals surface area contributed by atoms with Crippen LogP contribution in [0.25, 0.3) is 17.0 Å². The molecular formula is C28H23N5. The molecule has 5 rings (SSSR count). The normalized spacial score (nSPS) is 10.6. The number of para-hydroxylation sites is 1. The maximum Gasteiger partial charge on any atom is 0.236 e. The molecule has 0 bridgehead atoms. The Morgan fingerprint density at radius 3 is 2.21 bits per heavy atom. The smallest absolute Gasteiger partial charge is 0.236 e. The topological polar surface area (TPSA) is 55.1 Å². The van der Waals surface area contributed by atoms with Crippen LogP contribution >= 0.6 is 0 Å². The van der Waals surface area contributed by atoms with Crippen LogP contribution in [0, 0.1) is 32.6 Å². The number of imidazole rings is 1. The highest BCUT2D eigenvalue weighted by atomic mass is 15.2. The zero-order valence-electron chi connectivity index (χ0n) is 18.8. The lowest BCUT2D eigenvalue weighted by Crippen LogP contribution is -2.02. The van der Waals surface area contributed by atoms with Crippen LogP contribution in [0.5, 0.6) is 0 Å². The summed E-state index contributed by atoms with van der Waals surface area (Å²) in [5, 5.41) is 3.55. The van der Waals surface area contributed by atoms with Crippen LogP contribution in [0.15, 0.2) is 78.9 Å². The predicted molar refractivity (Wildman–Crippen MR) is 133 cm³/mol. The van der Waals surface area contributed by atoms with Gasteiger partial charge in [0.1, 0.15) is 17.2 Å². The summed E-state index contributed by atoms with van der Waals surface area (Å²) in [6, 6.07) is 26.0. The second-order valence-corrected chi connectivity index (χ2v) is 7.92. The first-order chi connectivity index (χ1) is 16.1. The Kier molecular flexibility index (Phi) is 5.34. The molecule has 5 aromatic rings. The average molecular weight is 430 g/mol. The van der Waals surface area contributed by atoms with E-state index in [4.69, 9.17) is 9.97 Å². The minimum atomic E-state index is 0.660. The summed E-state index contributed by atoms with van der Waals surface area (Å²) >= 11 is 0. The number of pyridine rings is 1. The Morgan fingerprint density at radius 1 is 0.758 bits per heavy atom. The highest BCUT2D eigenvalue weighted by Gasteiger charge is 2.19. The molecule has 0 saturated carbocycles. The number of hydrogen-bond donors (Lipinski definition) is 1. The van der Waals surface area contributed by atoms with Crippen molar-refractivity contribution in [2.75, 3.05) is 5.32 Å². The van der Waals surface area contributed by atoms with E-state index < -0.39 is 0 Å². The fraction of sp³-hybridized carbons (Fsp3) is 0.107. The summed E-state index contributed by atoms with van der Waals surface area (Å²) in [7, 11) is 0. The van der Waals surface area contributed by atoms with Crippen LogP contribution in [-0.4, -0.2) is 19.4 Å². The fourth-order valence-corrected chi connectivity index (χ4v) is 3.87. The molecule has 0 aliphatic rings. The van der Waals surface area contributed by atoms with Gasteiger partial charge in [0.2, 0.25) is 5.78 Å². The molecule has 2 aromatic carbocycles. The number of hydrogen-bond acceptors (Lipinski definition) is 4. The minimum absolute atomic E-state index is 0.660. The summed E-state index contributed by atoms with van der Waals surface area (Å²) in [4.78, 5) is 14.3. The number of aryl methyl sites for hydroxylation is 3. The second kappa shape index (κ2) is 8.60. The number of rotatable bonds is 3. The Hall–Kier alpha value is -4.43. The first kappa shape index (κ1) is 20.5. The Labute approximate surface area is 193 Å². The van der Waals surface area contributed by atoms with Crippen molar-refractivity contribution in [3.8, 4) is 23.1 Å². The van der Waals surface area contributed by atoms with Crippen molar-refractivity contribution in [2.24, 2.45) is 0 Å². The fourth-order valence-electron chi connectivity index (χ4n) is 3.87. The molecule has 0 saturated heterocycles. The van der Waals surface area contributed by atoms with Crippen molar-refractivity contribution in [2.45, 2.75) is 20.8 Å². The van der Waals surface area contributed by atoms with Gasteiger partial charge in [-0.15, -0.1) is 0 Å². The van der Waals surface area contributed by atoms with Gasteiger partial charge in [0, 0.05) is 33.9 Å². The van der Waals surface area contributed by atoms with Gasteiger partial charge in [0.05, 0.1) is 0 Å². The summed E-state index contributed by atoms with van der Waals surface area (Å²) in [6.45, 7) is 6.04. The molecule has 0 radical (unpaired) electrons. The third-order valence-electron chi connectivity index (χ3n) is 5.39. The lowest BCUT2D eigenvalue weighted by Gasteiger charge is -2.11. The molecule has 5 heteroatoms. The number of nitrogens with zero attached hydrogens (tertiary/aromatic N) is 4. The standard InChI is InChI=1S/C28H23N5/c1-19-18-20(2)33-27(31-23-12-8-5-9-13-23)26(32-28(33)29-19)25-17-16-24(30-21(25)3)15-14-22-10-6-4-7-11-22/h4-13,16-18,31H,1-3H3. The van der Waals surface area contributed by atoms with E-state index >= 15 is 0 Å². The molecule has 0 spiro atoms. The van der Waals surface area contributed by atoms with Crippen molar-refractivity contribution in [3.63, 3.8) is 0 Å². The van der Waals surface area contributed by atoms with Gasteiger partial charge in [0.15, 0.2) is 0 Å². The van der Waals surface area contributed by atoms with Gasteiger partial charge in [0.25, 0.3) is 0 Å². The summed E-state index contributed by atoms with van der Waals surface area (Å²) < 4.78 is 2.05. The molecule has 160 valence electrons. The summed E-state index contributed by atoms with van der Waals surface area (Å²) in [5.74, 6) is 7.87. The molecule has 3 heterocycles. The van der Waals surface area contributed by atoms with Crippen LogP contribution in [0.2, 0.25) is 0 Å². The molecule has 5 nitrogen and oxygen atoms in total. The van der Waals surface area contributed by atoms with Gasteiger partial charge in [-0.05, 0) is 69.2 Å². The van der Waals surface area contributed by atoms with Crippen LogP contribution in [0.1, 0.15) is 28.3 Å². The van der Waals surface area contributed by atoms with Gasteiger partial charge >= 0.3 is 0 Å². The van der Waals surface area contributed by atoms with Crippen LogP contribution in [0.4, 0.5) is 11.5 Å². The van der Waals surface area contributed by atoms with Gasteiger partial charge in [-0.25, -0.2) is 15.0 Å². The highest BCUT2D eigenvalue weighted by Crippen LogP contribution is 2.33. The average Bonchev–Trinajstić information content (AvgIpc) is 3.17. The molecule has 0 unspecified atom stereocenters. The summed E-state index contributed by atoms with van der Waals surface area (Å²) in [5.41, 5.74) is 7.29. The van der Waals surface area contributed by atoms with E-state index in [9.17, 15) is 0 Å². The molecule has 0 aliphatic carbocycles. The first-order valence-electron chi connectivity index (χ1n) is 10.8. The van der Waals surface area contributed by atoms with Crippen molar-refractivity contribution < 1.29 is 0 Å². The van der Waals surface area contributed by atoms with E-state index in [-0.39, 0.29) is 0 Å². The lowest BCUT2D eigenvalue weighted by molar-refractivity contribution is 1.02. The second-order valence-electron chi connectivity index (χ2n) is 7.92. The Bertz CT molecular complexity index is 1510. The lowest BCUT2D eigenvalue weighted by atomic mass is 10.1. The number of benzene rings is 2. The number of nitrogens with one attached hydrogen (secondary N) is 1. The van der Waals surface area contributed by atoms with E-state index in [0.29, 0.717) is 5.78 Å². The van der Waals surface area contributed by atoms with Crippen molar-refractivity contribution in [1.82, 2.24) is 19.4 Å². The van der Waals surface area contributed by atoms with Crippen molar-refractivity contribution in [3.05, 3.63) is 107 Å². The van der Waals surface area contributed by atoms with Gasteiger partial charge in [-0.2, -0.15) is 0 Å². The van der Waals surface area contributed by atoms with Gasteiger partial charge < -0.3 is 5.32 Å². The minimum Gasteiger partial charge on any atom is -0.339 e. The molecule has 0 amide bonds. The molecule has 3 aromatic heterocycles. The third-order valence-corrected chi connectivity index (χ3v) is 5.39. The first-order valence-corrected chi connectivity index (χ1v) is 10.8. The van der Waals surface area contributed by atoms with E-state index in [1.54, 1.807) is 0 Å². The number of aromatic nitrogens is 4. The van der Waals surface area contributed by atoms with Gasteiger partial charge in [-0.3, -0.25) is 4.40 Å². The van der Waals surface area contributed by atoms with Crippen molar-refractivity contribution in [1.29, 1.82) is 0 Å². The maximum absolute atomic E-state index is 4.90. The third kappa shape index (κ3) is 4.19. The predicted octanol–water partition coefficient (Wildman–Crippen LogP) is 5.86. The van der Waals surface area contributed by atoms with Gasteiger partial charge in [-0.1, -0.05) is 42.3 Å². The number of anilines is 2. The van der Waals surface area contributed by atoms with Crippen molar-refractivity contribution >= 4 is 17.3 Å². The molecule has 33 heavy (non-hydrogen) atoms. The van der Waals surface area contributed by atoms with E-state index in [1.807, 2.05) is 86.6 Å². The van der Waals surface area contributed by atoms with E-state index in [0.717, 1.165) is 51.1 Å². The summed E-state index contributed by atoms with van der Waals surface area (Å²) in [6.07, 6.45) is 0.